The van der Waals surface area contributed by atoms with Gasteiger partial charge in [0.05, 0.1) is 0 Å². The molecule has 6 heteroatoms. The maximum Gasteiger partial charge on any atom is 0.272 e. The molecule has 0 aliphatic carbocycles. The number of aliphatic hydroxyl groups is 1. The first kappa shape index (κ1) is 11.3. The number of aliphatic hydroxyl groups excluding tert-OH is 1. The number of anilines is 1. The number of allylic oxidation sites excluding steroid dienone is 1. The minimum Gasteiger partial charge on any atom is -0.511 e. The van der Waals surface area contributed by atoms with E-state index in [0.717, 1.165) is 6.26 Å². The molecule has 0 spiro atoms. The van der Waals surface area contributed by atoms with Crippen LogP contribution in [0.25, 0.3) is 0 Å². The van der Waals surface area contributed by atoms with Crippen molar-refractivity contribution in [3.05, 3.63) is 29.2 Å². The quantitative estimate of drug-likeness (QED) is 0.439. The summed E-state index contributed by atoms with van der Waals surface area (Å²) in [6, 6.07) is 5.72. The molecule has 0 saturated heterocycles. The van der Waals surface area contributed by atoms with Crippen molar-refractivity contribution in [1.29, 1.82) is 10.5 Å². The molecule has 6 nitrogen and oxygen atoms in total. The summed E-state index contributed by atoms with van der Waals surface area (Å²) in [6.45, 7) is 1.21. The second-order valence-electron chi connectivity index (χ2n) is 2.72. The molecular weight excluding hydrogens is 210 g/mol. The number of amides is 1. The average Bonchev–Trinajstić information content (AvgIpc) is 2.65. The molecule has 1 radical (unpaired) electrons. The molecule has 0 aliphatic rings. The number of hydrogen-bond acceptors (Lipinski definition) is 5. The predicted molar refractivity (Wildman–Crippen MR) is 51.8 cm³/mol. The van der Waals surface area contributed by atoms with Crippen LogP contribution < -0.4 is 5.32 Å². The number of nitrogens with zero attached hydrogens (tertiary/aromatic N) is 2. The first-order chi connectivity index (χ1) is 7.60. The van der Waals surface area contributed by atoms with E-state index < -0.39 is 17.2 Å². The molecule has 0 atom stereocenters. The highest BCUT2D eigenvalue weighted by atomic mass is 16.3. The zero-order chi connectivity index (χ0) is 12.1. The fourth-order valence-electron chi connectivity index (χ4n) is 0.908. The third-order valence-corrected chi connectivity index (χ3v) is 1.65. The Kier molecular flexibility index (Phi) is 3.31. The maximum atomic E-state index is 11.4. The number of furan rings is 1. The molecule has 79 valence electrons. The van der Waals surface area contributed by atoms with Gasteiger partial charge in [-0.05, 0) is 6.92 Å². The van der Waals surface area contributed by atoms with Crippen molar-refractivity contribution in [3.8, 4) is 12.1 Å². The van der Waals surface area contributed by atoms with Crippen LogP contribution in [-0.2, 0) is 4.79 Å². The van der Waals surface area contributed by atoms with Gasteiger partial charge in [0.1, 0.15) is 29.7 Å². The predicted octanol–water partition coefficient (Wildman–Crippen LogP) is 1.25. The van der Waals surface area contributed by atoms with Crippen LogP contribution in [0.3, 0.4) is 0 Å². The van der Waals surface area contributed by atoms with Gasteiger partial charge in [-0.1, -0.05) is 0 Å². The van der Waals surface area contributed by atoms with E-state index in [9.17, 15) is 4.79 Å². The van der Waals surface area contributed by atoms with Crippen molar-refractivity contribution >= 4 is 11.8 Å². The Labute approximate surface area is 91.0 Å². The number of rotatable bonds is 2. The van der Waals surface area contributed by atoms with Crippen LogP contribution in [0.1, 0.15) is 12.5 Å². The van der Waals surface area contributed by atoms with Crippen LogP contribution in [0.15, 0.2) is 22.0 Å². The van der Waals surface area contributed by atoms with Gasteiger partial charge in [-0.25, -0.2) is 0 Å². The van der Waals surface area contributed by atoms with E-state index in [0.29, 0.717) is 0 Å². The molecule has 0 saturated carbocycles. The van der Waals surface area contributed by atoms with Gasteiger partial charge in [-0.2, -0.15) is 10.5 Å². The van der Waals surface area contributed by atoms with E-state index in [2.05, 4.69) is 11.4 Å². The van der Waals surface area contributed by atoms with Crippen LogP contribution >= 0.6 is 0 Å². The molecule has 1 rings (SSSR count). The van der Waals surface area contributed by atoms with Crippen LogP contribution in [0.2, 0.25) is 0 Å². The molecular formula is C10H6N3O3. The fourth-order valence-corrected chi connectivity index (χ4v) is 0.908. The molecule has 1 amide bonds. The maximum absolute atomic E-state index is 11.4. The third kappa shape index (κ3) is 2.20. The van der Waals surface area contributed by atoms with Crippen molar-refractivity contribution in [2.24, 2.45) is 0 Å². The summed E-state index contributed by atoms with van der Waals surface area (Å²) in [5, 5.41) is 28.4. The van der Waals surface area contributed by atoms with Crippen LogP contribution in [-0.4, -0.2) is 11.0 Å². The van der Waals surface area contributed by atoms with E-state index in [4.69, 9.17) is 20.0 Å². The van der Waals surface area contributed by atoms with Gasteiger partial charge in [0.15, 0.2) is 5.57 Å². The van der Waals surface area contributed by atoms with E-state index >= 15 is 0 Å². The number of carbonyl (C=O) groups excluding carboxylic acids is 1. The molecule has 16 heavy (non-hydrogen) atoms. The molecule has 1 aromatic rings. The summed E-state index contributed by atoms with van der Waals surface area (Å²) in [5.74, 6) is -1.36. The highest BCUT2D eigenvalue weighted by Gasteiger charge is 2.16. The standard InChI is InChI=1S/C10H6N3O3/c1-6(14)8(5-12)9(15)13-10-7(4-11)2-3-16-10/h3,14H,1H3,(H,13,15). The Morgan fingerprint density at radius 1 is 1.62 bits per heavy atom. The van der Waals surface area contributed by atoms with Gasteiger partial charge in [0.2, 0.25) is 5.88 Å². The summed E-state index contributed by atoms with van der Waals surface area (Å²) in [5.41, 5.74) is -0.429. The number of nitriles is 2. The molecule has 0 fully saturated rings. The Bertz CT molecular complexity index is 524. The molecule has 2 N–H and O–H groups in total. The van der Waals surface area contributed by atoms with Gasteiger partial charge >= 0.3 is 0 Å². The lowest BCUT2D eigenvalue weighted by Gasteiger charge is -2.01. The van der Waals surface area contributed by atoms with E-state index in [1.165, 1.54) is 13.0 Å². The third-order valence-electron chi connectivity index (χ3n) is 1.65. The normalized spacial score (nSPS) is 10.9. The number of carbonyl (C=O) groups is 1. The van der Waals surface area contributed by atoms with E-state index in [1.807, 2.05) is 0 Å². The summed E-state index contributed by atoms with van der Waals surface area (Å²) >= 11 is 0. The second kappa shape index (κ2) is 4.67. The summed E-state index contributed by atoms with van der Waals surface area (Å²) < 4.78 is 4.78. The van der Waals surface area contributed by atoms with Gasteiger partial charge in [-0.15, -0.1) is 0 Å². The molecule has 0 unspecified atom stereocenters. The minimum absolute atomic E-state index is 0.0150. The highest BCUT2D eigenvalue weighted by Crippen LogP contribution is 2.15. The number of nitrogens with one attached hydrogen (secondary N) is 1. The van der Waals surface area contributed by atoms with Crippen LogP contribution in [0.5, 0.6) is 0 Å². The Hall–Kier alpha value is -2.73. The average molecular weight is 216 g/mol. The molecule has 0 aromatic carbocycles. The lowest BCUT2D eigenvalue weighted by Crippen LogP contribution is -2.15. The number of hydrogen-bond donors (Lipinski definition) is 2. The van der Waals surface area contributed by atoms with E-state index in [-0.39, 0.29) is 11.4 Å². The first-order valence-corrected chi connectivity index (χ1v) is 4.10. The molecule has 1 heterocycles. The Morgan fingerprint density at radius 3 is 2.81 bits per heavy atom. The lowest BCUT2D eigenvalue weighted by molar-refractivity contribution is -0.112. The topological polar surface area (TPSA) is 110 Å². The summed E-state index contributed by atoms with van der Waals surface area (Å²) in [4.78, 5) is 11.4. The first-order valence-electron chi connectivity index (χ1n) is 4.10. The van der Waals surface area contributed by atoms with Crippen molar-refractivity contribution in [2.75, 3.05) is 5.32 Å². The molecule has 0 bridgehead atoms. The zero-order valence-corrected chi connectivity index (χ0v) is 8.24. The smallest absolute Gasteiger partial charge is 0.272 e. The molecule has 1 aromatic heterocycles. The Balaban J connectivity index is 2.94. The van der Waals surface area contributed by atoms with Gasteiger partial charge in [0.25, 0.3) is 5.91 Å². The van der Waals surface area contributed by atoms with Crippen molar-refractivity contribution in [2.45, 2.75) is 6.92 Å². The van der Waals surface area contributed by atoms with E-state index in [1.54, 1.807) is 6.07 Å². The van der Waals surface area contributed by atoms with Crippen molar-refractivity contribution < 1.29 is 14.3 Å². The minimum atomic E-state index is -0.845. The van der Waals surface area contributed by atoms with Gasteiger partial charge in [0, 0.05) is 6.07 Å². The van der Waals surface area contributed by atoms with Crippen LogP contribution in [0.4, 0.5) is 5.88 Å². The molecule has 0 aliphatic heterocycles. The summed E-state index contributed by atoms with van der Waals surface area (Å²) in [6.07, 6.45) is 1.11. The zero-order valence-electron chi connectivity index (χ0n) is 8.24. The lowest BCUT2D eigenvalue weighted by atomic mass is 10.2. The summed E-state index contributed by atoms with van der Waals surface area (Å²) in [7, 11) is 0. The SMILES string of the molecule is CC(O)=C(C#N)C(=O)Nc1oc[c]c1C#N. The second-order valence-corrected chi connectivity index (χ2v) is 2.72. The van der Waals surface area contributed by atoms with Gasteiger partial charge < -0.3 is 9.52 Å². The fraction of sp³-hybridized carbons (Fsp3) is 0.100. The largest absolute Gasteiger partial charge is 0.511 e. The van der Waals surface area contributed by atoms with Crippen molar-refractivity contribution in [1.82, 2.24) is 0 Å². The van der Waals surface area contributed by atoms with Crippen LogP contribution in [0, 0.1) is 28.7 Å². The Morgan fingerprint density at radius 2 is 2.31 bits per heavy atom. The van der Waals surface area contributed by atoms with Gasteiger partial charge in [-0.3, -0.25) is 10.1 Å². The monoisotopic (exact) mass is 216 g/mol. The highest BCUT2D eigenvalue weighted by molar-refractivity contribution is 6.06. The van der Waals surface area contributed by atoms with Crippen molar-refractivity contribution in [3.63, 3.8) is 0 Å².